The highest BCUT2D eigenvalue weighted by atomic mass is 16.3. The van der Waals surface area contributed by atoms with Crippen LogP contribution in [0.4, 0.5) is 0 Å². The molecule has 1 unspecified atom stereocenters. The summed E-state index contributed by atoms with van der Waals surface area (Å²) >= 11 is 0. The Labute approximate surface area is 114 Å². The van der Waals surface area contributed by atoms with Crippen LogP contribution in [0, 0.1) is 0 Å². The van der Waals surface area contributed by atoms with Gasteiger partial charge in [0.2, 0.25) is 0 Å². The molecule has 1 aromatic carbocycles. The van der Waals surface area contributed by atoms with Gasteiger partial charge in [-0.2, -0.15) is 0 Å². The molecule has 3 rings (SSSR count). The first-order valence-corrected chi connectivity index (χ1v) is 7.18. The highest BCUT2D eigenvalue weighted by molar-refractivity contribution is 5.34. The fraction of sp³-hybridized carbons (Fsp3) is 0.412. The molecule has 2 nitrogen and oxygen atoms in total. The van der Waals surface area contributed by atoms with E-state index >= 15 is 0 Å². The fourth-order valence-corrected chi connectivity index (χ4v) is 3.35. The number of benzene rings is 1. The van der Waals surface area contributed by atoms with Crippen LogP contribution in [0.5, 0.6) is 0 Å². The summed E-state index contributed by atoms with van der Waals surface area (Å²) in [6, 6.07) is 13.4. The van der Waals surface area contributed by atoms with Crippen LogP contribution in [0.2, 0.25) is 0 Å². The minimum atomic E-state index is 0.237. The first kappa shape index (κ1) is 12.5. The molecule has 1 N–H and O–H groups in total. The summed E-state index contributed by atoms with van der Waals surface area (Å²) in [7, 11) is 0. The summed E-state index contributed by atoms with van der Waals surface area (Å²) < 4.78 is 5.30. The van der Waals surface area contributed by atoms with E-state index in [-0.39, 0.29) is 5.41 Å². The minimum Gasteiger partial charge on any atom is -0.472 e. The average molecular weight is 255 g/mol. The maximum absolute atomic E-state index is 5.30. The van der Waals surface area contributed by atoms with Gasteiger partial charge in [0.05, 0.1) is 12.5 Å². The van der Waals surface area contributed by atoms with Crippen molar-refractivity contribution in [2.24, 2.45) is 0 Å². The lowest BCUT2D eigenvalue weighted by Crippen LogP contribution is -2.46. The molecule has 100 valence electrons. The Bertz CT molecular complexity index is 499. The maximum Gasteiger partial charge on any atom is 0.0950 e. The van der Waals surface area contributed by atoms with Gasteiger partial charge in [-0.1, -0.05) is 43.7 Å². The van der Waals surface area contributed by atoms with Crippen LogP contribution < -0.4 is 5.32 Å². The van der Waals surface area contributed by atoms with Crippen molar-refractivity contribution in [3.63, 3.8) is 0 Å². The van der Waals surface area contributed by atoms with E-state index in [9.17, 15) is 0 Å². The number of likely N-dealkylation sites (N-methyl/N-ethyl adjacent to an activating group) is 1. The number of nitrogens with one attached hydrogen (secondary N) is 1. The van der Waals surface area contributed by atoms with E-state index in [2.05, 4.69) is 48.6 Å². The Hall–Kier alpha value is -1.54. The quantitative estimate of drug-likeness (QED) is 0.872. The molecule has 1 heterocycles. The highest BCUT2D eigenvalue weighted by Gasteiger charge is 2.45. The van der Waals surface area contributed by atoms with Crippen molar-refractivity contribution >= 4 is 0 Å². The summed E-state index contributed by atoms with van der Waals surface area (Å²) in [5, 5.41) is 3.67. The van der Waals surface area contributed by atoms with Crippen molar-refractivity contribution in [1.82, 2.24) is 5.32 Å². The number of rotatable bonds is 5. The third-order valence-electron chi connectivity index (χ3n) is 4.43. The first-order valence-electron chi connectivity index (χ1n) is 7.18. The van der Waals surface area contributed by atoms with Crippen molar-refractivity contribution in [2.75, 3.05) is 6.54 Å². The van der Waals surface area contributed by atoms with Gasteiger partial charge >= 0.3 is 0 Å². The zero-order valence-electron chi connectivity index (χ0n) is 11.4. The second-order valence-electron chi connectivity index (χ2n) is 5.42. The maximum atomic E-state index is 5.30. The molecule has 0 bridgehead atoms. The lowest BCUT2D eigenvalue weighted by Gasteiger charge is -2.48. The van der Waals surface area contributed by atoms with Gasteiger partial charge in [0, 0.05) is 17.0 Å². The van der Waals surface area contributed by atoms with E-state index in [0.717, 1.165) is 6.54 Å². The van der Waals surface area contributed by atoms with E-state index in [1.807, 2.05) is 6.26 Å². The summed E-state index contributed by atoms with van der Waals surface area (Å²) in [5.74, 6) is 0. The molecular formula is C17H21NO. The summed E-state index contributed by atoms with van der Waals surface area (Å²) in [4.78, 5) is 0. The molecule has 0 saturated heterocycles. The van der Waals surface area contributed by atoms with Crippen LogP contribution in [0.15, 0.2) is 53.3 Å². The molecule has 19 heavy (non-hydrogen) atoms. The van der Waals surface area contributed by atoms with E-state index in [4.69, 9.17) is 4.42 Å². The number of hydrogen-bond donors (Lipinski definition) is 1. The Morgan fingerprint density at radius 2 is 2.00 bits per heavy atom. The van der Waals surface area contributed by atoms with Gasteiger partial charge in [0.25, 0.3) is 0 Å². The Kier molecular flexibility index (Phi) is 3.43. The molecule has 0 aliphatic heterocycles. The number of furan rings is 1. The zero-order valence-corrected chi connectivity index (χ0v) is 11.4. The molecule has 1 saturated carbocycles. The Balaban J connectivity index is 1.99. The lowest BCUT2D eigenvalue weighted by molar-refractivity contribution is 0.170. The molecule has 0 amide bonds. The SMILES string of the molecule is CCNC(c1ccoc1)C1(c2ccccc2)CCC1. The highest BCUT2D eigenvalue weighted by Crippen LogP contribution is 2.52. The smallest absolute Gasteiger partial charge is 0.0950 e. The average Bonchev–Trinajstić information content (AvgIpc) is 2.91. The molecular weight excluding hydrogens is 234 g/mol. The predicted octanol–water partition coefficient (Wildman–Crippen LogP) is 4.05. The number of hydrogen-bond acceptors (Lipinski definition) is 2. The van der Waals surface area contributed by atoms with Crippen molar-refractivity contribution in [1.29, 1.82) is 0 Å². The van der Waals surface area contributed by atoms with Crippen molar-refractivity contribution in [2.45, 2.75) is 37.6 Å². The minimum absolute atomic E-state index is 0.237. The summed E-state index contributed by atoms with van der Waals surface area (Å²) in [5.41, 5.74) is 2.96. The van der Waals surface area contributed by atoms with E-state index in [0.29, 0.717) is 6.04 Å². The van der Waals surface area contributed by atoms with Gasteiger partial charge in [-0.05, 0) is 31.0 Å². The van der Waals surface area contributed by atoms with Crippen LogP contribution in [-0.4, -0.2) is 6.54 Å². The monoisotopic (exact) mass is 255 g/mol. The van der Waals surface area contributed by atoms with Crippen molar-refractivity contribution in [3.05, 3.63) is 60.1 Å². The molecule has 1 aliphatic rings. The second-order valence-corrected chi connectivity index (χ2v) is 5.42. The topological polar surface area (TPSA) is 25.2 Å². The summed E-state index contributed by atoms with van der Waals surface area (Å²) in [6.45, 7) is 3.15. The Morgan fingerprint density at radius 3 is 2.53 bits per heavy atom. The fourth-order valence-electron chi connectivity index (χ4n) is 3.35. The molecule has 1 aliphatic carbocycles. The van der Waals surface area contributed by atoms with Gasteiger partial charge < -0.3 is 9.73 Å². The summed E-state index contributed by atoms with van der Waals surface area (Å²) in [6.07, 6.45) is 7.47. The molecule has 0 radical (unpaired) electrons. The molecule has 0 spiro atoms. The van der Waals surface area contributed by atoms with E-state index in [1.165, 1.54) is 30.4 Å². The van der Waals surface area contributed by atoms with Crippen molar-refractivity contribution in [3.8, 4) is 0 Å². The largest absolute Gasteiger partial charge is 0.472 e. The molecule has 2 aromatic rings. The standard InChI is InChI=1S/C17H21NO/c1-2-18-16(14-9-12-19-13-14)17(10-6-11-17)15-7-4-3-5-8-15/h3-5,7-9,12-13,16,18H,2,6,10-11H2,1H3. The second kappa shape index (κ2) is 5.22. The van der Waals surface area contributed by atoms with Crippen LogP contribution in [0.1, 0.15) is 43.4 Å². The van der Waals surface area contributed by atoms with Crippen LogP contribution in [0.3, 0.4) is 0 Å². The van der Waals surface area contributed by atoms with Crippen LogP contribution in [-0.2, 0) is 5.41 Å². The van der Waals surface area contributed by atoms with E-state index < -0.39 is 0 Å². The molecule has 2 heteroatoms. The van der Waals surface area contributed by atoms with Gasteiger partial charge in [-0.15, -0.1) is 0 Å². The normalized spacial score (nSPS) is 18.8. The van der Waals surface area contributed by atoms with Crippen molar-refractivity contribution < 1.29 is 4.42 Å². The van der Waals surface area contributed by atoms with Gasteiger partial charge in [-0.3, -0.25) is 0 Å². The first-order chi connectivity index (χ1) is 9.37. The van der Waals surface area contributed by atoms with Crippen LogP contribution >= 0.6 is 0 Å². The third-order valence-corrected chi connectivity index (χ3v) is 4.43. The molecule has 1 atom stereocenters. The molecule has 1 fully saturated rings. The third kappa shape index (κ3) is 2.10. The van der Waals surface area contributed by atoms with Gasteiger partial charge in [-0.25, -0.2) is 0 Å². The Morgan fingerprint density at radius 1 is 1.21 bits per heavy atom. The molecule has 1 aromatic heterocycles. The zero-order chi connectivity index (χ0) is 13.1. The lowest BCUT2D eigenvalue weighted by atomic mass is 9.59. The van der Waals surface area contributed by atoms with Gasteiger partial charge in [0.1, 0.15) is 0 Å². The van der Waals surface area contributed by atoms with Crippen LogP contribution in [0.25, 0.3) is 0 Å². The van der Waals surface area contributed by atoms with E-state index in [1.54, 1.807) is 6.26 Å². The predicted molar refractivity (Wildman–Crippen MR) is 77.1 cm³/mol. The van der Waals surface area contributed by atoms with Gasteiger partial charge in [0.15, 0.2) is 0 Å².